The van der Waals surface area contributed by atoms with E-state index in [0.717, 1.165) is 0 Å². The fourth-order valence-electron chi connectivity index (χ4n) is 1.99. The smallest absolute Gasteiger partial charge is 0.316 e. The van der Waals surface area contributed by atoms with Crippen molar-refractivity contribution in [3.05, 3.63) is 28.2 Å². The Morgan fingerprint density at radius 3 is 2.79 bits per heavy atom. The molecule has 1 heterocycles. The molecule has 0 radical (unpaired) electrons. The summed E-state index contributed by atoms with van der Waals surface area (Å²) in [5.41, 5.74) is 0. The molecule has 102 valence electrons. The maximum Gasteiger partial charge on any atom is 0.316 e. The normalized spacial score (nSPS) is 18.8. The van der Waals surface area contributed by atoms with Crippen LogP contribution < -0.4 is 4.74 Å². The molecule has 0 aromatic heterocycles. The van der Waals surface area contributed by atoms with Gasteiger partial charge in [-0.05, 0) is 25.1 Å². The number of hydrogen-bond donors (Lipinski definition) is 0. The SMILES string of the molecule is CCN1CC(C(=O)Oc2ccc(Cl)cc2Cl)CC1=O. The summed E-state index contributed by atoms with van der Waals surface area (Å²) in [7, 11) is 0. The van der Waals surface area contributed by atoms with E-state index in [1.54, 1.807) is 11.0 Å². The molecule has 1 atom stereocenters. The van der Waals surface area contributed by atoms with Gasteiger partial charge in [0, 0.05) is 24.5 Å². The van der Waals surface area contributed by atoms with Crippen LogP contribution in [0.25, 0.3) is 0 Å². The monoisotopic (exact) mass is 301 g/mol. The van der Waals surface area contributed by atoms with Crippen molar-refractivity contribution in [3.63, 3.8) is 0 Å². The van der Waals surface area contributed by atoms with Crippen LogP contribution in [0.4, 0.5) is 0 Å². The highest BCUT2D eigenvalue weighted by atomic mass is 35.5. The van der Waals surface area contributed by atoms with Crippen molar-refractivity contribution in [3.8, 4) is 5.75 Å². The molecule has 1 amide bonds. The summed E-state index contributed by atoms with van der Waals surface area (Å²) in [5.74, 6) is -0.627. The Hall–Kier alpha value is -1.26. The standard InChI is InChI=1S/C13H13Cl2NO3/c1-2-16-7-8(5-12(16)17)13(18)19-11-4-3-9(14)6-10(11)15/h3-4,6,8H,2,5,7H2,1H3. The molecular weight excluding hydrogens is 289 g/mol. The molecule has 1 aromatic rings. The predicted octanol–water partition coefficient (Wildman–Crippen LogP) is 2.77. The van der Waals surface area contributed by atoms with Gasteiger partial charge >= 0.3 is 5.97 Å². The van der Waals surface area contributed by atoms with Crippen LogP contribution in [0.5, 0.6) is 5.75 Å². The number of amides is 1. The third kappa shape index (κ3) is 3.19. The maximum absolute atomic E-state index is 12.0. The number of hydrogen-bond acceptors (Lipinski definition) is 3. The summed E-state index contributed by atoms with van der Waals surface area (Å²) in [5, 5.41) is 0.746. The van der Waals surface area contributed by atoms with Crippen LogP contribution in [0.15, 0.2) is 18.2 Å². The van der Waals surface area contributed by atoms with E-state index in [-0.39, 0.29) is 23.1 Å². The van der Waals surface area contributed by atoms with Crippen molar-refractivity contribution < 1.29 is 14.3 Å². The van der Waals surface area contributed by atoms with Crippen LogP contribution in [0.2, 0.25) is 10.0 Å². The van der Waals surface area contributed by atoms with Crippen molar-refractivity contribution >= 4 is 35.1 Å². The highest BCUT2D eigenvalue weighted by molar-refractivity contribution is 6.35. The van der Waals surface area contributed by atoms with Crippen molar-refractivity contribution in [1.29, 1.82) is 0 Å². The Morgan fingerprint density at radius 2 is 2.21 bits per heavy atom. The van der Waals surface area contributed by atoms with E-state index in [1.165, 1.54) is 12.1 Å². The lowest BCUT2D eigenvalue weighted by molar-refractivity contribution is -0.139. The van der Waals surface area contributed by atoms with Gasteiger partial charge in [0.15, 0.2) is 0 Å². The van der Waals surface area contributed by atoms with E-state index in [9.17, 15) is 9.59 Å². The fraction of sp³-hybridized carbons (Fsp3) is 0.385. The van der Waals surface area contributed by atoms with Crippen LogP contribution in [0, 0.1) is 5.92 Å². The largest absolute Gasteiger partial charge is 0.425 e. The van der Waals surface area contributed by atoms with Crippen molar-refractivity contribution in [2.75, 3.05) is 13.1 Å². The zero-order chi connectivity index (χ0) is 14.0. The van der Waals surface area contributed by atoms with Crippen molar-refractivity contribution in [1.82, 2.24) is 4.90 Å². The number of benzene rings is 1. The van der Waals surface area contributed by atoms with E-state index in [2.05, 4.69) is 0 Å². The number of carbonyl (C=O) groups is 2. The van der Waals surface area contributed by atoms with Gasteiger partial charge in [0.1, 0.15) is 5.75 Å². The number of likely N-dealkylation sites (tertiary alicyclic amines) is 1. The molecule has 4 nitrogen and oxygen atoms in total. The second-order valence-electron chi connectivity index (χ2n) is 4.33. The molecule has 0 spiro atoms. The number of rotatable bonds is 3. The molecule has 0 aliphatic carbocycles. The van der Waals surface area contributed by atoms with Gasteiger partial charge in [-0.15, -0.1) is 0 Å². The van der Waals surface area contributed by atoms with E-state index in [1.807, 2.05) is 6.92 Å². The summed E-state index contributed by atoms with van der Waals surface area (Å²) >= 11 is 11.7. The van der Waals surface area contributed by atoms with E-state index in [0.29, 0.717) is 18.1 Å². The average molecular weight is 302 g/mol. The summed E-state index contributed by atoms with van der Waals surface area (Å²) in [6.45, 7) is 2.88. The van der Waals surface area contributed by atoms with Gasteiger partial charge in [-0.3, -0.25) is 9.59 Å². The highest BCUT2D eigenvalue weighted by Gasteiger charge is 2.34. The Labute approximate surface area is 121 Å². The highest BCUT2D eigenvalue weighted by Crippen LogP contribution is 2.29. The first kappa shape index (κ1) is 14.2. The first-order chi connectivity index (χ1) is 9.01. The molecule has 0 N–H and O–H groups in total. The van der Waals surface area contributed by atoms with Crippen molar-refractivity contribution in [2.24, 2.45) is 5.92 Å². The quantitative estimate of drug-likeness (QED) is 0.637. The summed E-state index contributed by atoms with van der Waals surface area (Å²) in [4.78, 5) is 25.2. The predicted molar refractivity (Wildman–Crippen MR) is 72.5 cm³/mol. The Kier molecular flexibility index (Phi) is 4.32. The summed E-state index contributed by atoms with van der Waals surface area (Å²) < 4.78 is 5.22. The maximum atomic E-state index is 12.0. The van der Waals surface area contributed by atoms with Gasteiger partial charge in [0.05, 0.1) is 10.9 Å². The number of esters is 1. The van der Waals surface area contributed by atoms with Gasteiger partial charge in [-0.25, -0.2) is 0 Å². The third-order valence-electron chi connectivity index (χ3n) is 3.03. The van der Waals surface area contributed by atoms with Crippen LogP contribution >= 0.6 is 23.2 Å². The lowest BCUT2D eigenvalue weighted by atomic mass is 10.1. The second kappa shape index (κ2) is 5.80. The lowest BCUT2D eigenvalue weighted by Gasteiger charge is -2.13. The number of ether oxygens (including phenoxy) is 1. The minimum absolute atomic E-state index is 0.0216. The lowest BCUT2D eigenvalue weighted by Crippen LogP contribution is -2.27. The molecule has 6 heteroatoms. The minimum Gasteiger partial charge on any atom is -0.425 e. The number of nitrogens with zero attached hydrogens (tertiary/aromatic N) is 1. The van der Waals surface area contributed by atoms with Crippen LogP contribution in [-0.4, -0.2) is 29.9 Å². The third-order valence-corrected chi connectivity index (χ3v) is 3.56. The van der Waals surface area contributed by atoms with Gasteiger partial charge in [0.2, 0.25) is 5.91 Å². The van der Waals surface area contributed by atoms with E-state index in [4.69, 9.17) is 27.9 Å². The Balaban J connectivity index is 2.04. The van der Waals surface area contributed by atoms with E-state index < -0.39 is 11.9 Å². The Bertz CT molecular complexity index is 519. The second-order valence-corrected chi connectivity index (χ2v) is 5.17. The van der Waals surface area contributed by atoms with Crippen molar-refractivity contribution in [2.45, 2.75) is 13.3 Å². The van der Waals surface area contributed by atoms with Gasteiger partial charge in [0.25, 0.3) is 0 Å². The van der Waals surface area contributed by atoms with Gasteiger partial charge in [-0.2, -0.15) is 0 Å². The minimum atomic E-state index is -0.437. The molecule has 1 aromatic carbocycles. The molecule has 1 fully saturated rings. The van der Waals surface area contributed by atoms with Gasteiger partial charge in [-0.1, -0.05) is 23.2 Å². The number of carbonyl (C=O) groups excluding carboxylic acids is 2. The van der Waals surface area contributed by atoms with Crippen LogP contribution in [-0.2, 0) is 9.59 Å². The van der Waals surface area contributed by atoms with Gasteiger partial charge < -0.3 is 9.64 Å². The van der Waals surface area contributed by atoms with Crippen LogP contribution in [0.3, 0.4) is 0 Å². The number of halogens is 2. The average Bonchev–Trinajstić information content (AvgIpc) is 2.74. The molecule has 1 saturated heterocycles. The molecule has 2 rings (SSSR count). The zero-order valence-electron chi connectivity index (χ0n) is 10.4. The summed E-state index contributed by atoms with van der Waals surface area (Å²) in [6, 6.07) is 4.63. The molecule has 0 bridgehead atoms. The first-order valence-corrected chi connectivity index (χ1v) is 6.71. The van der Waals surface area contributed by atoms with Crippen LogP contribution in [0.1, 0.15) is 13.3 Å². The molecule has 1 unspecified atom stereocenters. The fourth-order valence-corrected chi connectivity index (χ4v) is 2.43. The molecule has 19 heavy (non-hydrogen) atoms. The molecule has 1 aliphatic rings. The molecular formula is C13H13Cl2NO3. The topological polar surface area (TPSA) is 46.6 Å². The Morgan fingerprint density at radius 1 is 1.47 bits per heavy atom. The molecule has 1 aliphatic heterocycles. The summed E-state index contributed by atoms with van der Waals surface area (Å²) in [6.07, 6.45) is 0.192. The zero-order valence-corrected chi connectivity index (χ0v) is 11.9. The van der Waals surface area contributed by atoms with E-state index >= 15 is 0 Å². The molecule has 0 saturated carbocycles. The first-order valence-electron chi connectivity index (χ1n) is 5.95.